The van der Waals surface area contributed by atoms with Crippen molar-refractivity contribution in [2.45, 2.75) is 32.4 Å². The molecule has 1 aromatic heterocycles. The Kier molecular flexibility index (Phi) is 6.71. The highest BCUT2D eigenvalue weighted by molar-refractivity contribution is 5.90. The summed E-state index contributed by atoms with van der Waals surface area (Å²) in [5, 5.41) is 13.0. The molecular formula is C21H26FN7O4. The number of carbonyl (C=O) groups excluding carboxylic acids is 3. The van der Waals surface area contributed by atoms with Crippen LogP contribution in [-0.4, -0.2) is 65.7 Å². The minimum absolute atomic E-state index is 0.204. The third-order valence-corrected chi connectivity index (χ3v) is 5.84. The van der Waals surface area contributed by atoms with Gasteiger partial charge in [-0.1, -0.05) is 5.21 Å². The first-order chi connectivity index (χ1) is 15.9. The van der Waals surface area contributed by atoms with Gasteiger partial charge in [-0.2, -0.15) is 0 Å². The molecule has 3 heterocycles. The van der Waals surface area contributed by atoms with E-state index < -0.39 is 18.0 Å². The van der Waals surface area contributed by atoms with E-state index in [-0.39, 0.29) is 19.0 Å². The summed E-state index contributed by atoms with van der Waals surface area (Å²) >= 11 is 0. The highest BCUT2D eigenvalue weighted by Gasteiger charge is 2.33. The lowest BCUT2D eigenvalue weighted by molar-refractivity contribution is -0.119. The molecule has 0 bridgehead atoms. The van der Waals surface area contributed by atoms with Crippen LogP contribution in [0.25, 0.3) is 0 Å². The van der Waals surface area contributed by atoms with Crippen LogP contribution in [0.3, 0.4) is 0 Å². The molecular weight excluding hydrogens is 433 g/mol. The number of cyclic esters (lactones) is 1. The molecule has 12 heteroatoms. The van der Waals surface area contributed by atoms with Crippen molar-refractivity contribution in [1.82, 2.24) is 20.3 Å². The Bertz CT molecular complexity index is 1020. The molecule has 2 fully saturated rings. The van der Waals surface area contributed by atoms with Gasteiger partial charge < -0.3 is 20.3 Å². The number of benzene rings is 1. The SMILES string of the molecule is CC(=O)NC[C@H]1CN(c2ccc(N3CCC(Cn4cc(NC=O)nn4)CC3)c(F)c2)C(=O)O1. The molecule has 1 aromatic carbocycles. The van der Waals surface area contributed by atoms with Crippen molar-refractivity contribution < 1.29 is 23.5 Å². The summed E-state index contributed by atoms with van der Waals surface area (Å²) in [4.78, 5) is 37.1. The van der Waals surface area contributed by atoms with Gasteiger partial charge in [0.15, 0.2) is 5.82 Å². The fourth-order valence-corrected chi connectivity index (χ4v) is 4.15. The van der Waals surface area contributed by atoms with Crippen molar-refractivity contribution in [3.8, 4) is 0 Å². The van der Waals surface area contributed by atoms with Crippen LogP contribution in [0.2, 0.25) is 0 Å². The first-order valence-corrected chi connectivity index (χ1v) is 10.8. The molecule has 0 saturated carbocycles. The molecule has 2 aliphatic heterocycles. The first-order valence-electron chi connectivity index (χ1n) is 10.8. The van der Waals surface area contributed by atoms with Gasteiger partial charge in [0, 0.05) is 26.6 Å². The highest BCUT2D eigenvalue weighted by atomic mass is 19.1. The van der Waals surface area contributed by atoms with Gasteiger partial charge in [-0.25, -0.2) is 9.18 Å². The average Bonchev–Trinajstić information content (AvgIpc) is 3.39. The number of nitrogens with zero attached hydrogens (tertiary/aromatic N) is 5. The van der Waals surface area contributed by atoms with Crippen LogP contribution in [0.5, 0.6) is 0 Å². The second-order valence-corrected chi connectivity index (χ2v) is 8.21. The van der Waals surface area contributed by atoms with Gasteiger partial charge in [0.05, 0.1) is 30.7 Å². The van der Waals surface area contributed by atoms with E-state index >= 15 is 0 Å². The number of ether oxygens (including phenoxy) is 1. The van der Waals surface area contributed by atoms with E-state index in [1.807, 2.05) is 4.90 Å². The summed E-state index contributed by atoms with van der Waals surface area (Å²) in [6.45, 7) is 3.92. The molecule has 4 rings (SSSR count). The number of aromatic nitrogens is 3. The molecule has 0 unspecified atom stereocenters. The van der Waals surface area contributed by atoms with Gasteiger partial charge in [0.1, 0.15) is 11.9 Å². The van der Waals surface area contributed by atoms with Crippen molar-refractivity contribution in [3.63, 3.8) is 0 Å². The molecule has 2 aromatic rings. The molecule has 11 nitrogen and oxygen atoms in total. The van der Waals surface area contributed by atoms with E-state index in [1.54, 1.807) is 23.0 Å². The van der Waals surface area contributed by atoms with Crippen LogP contribution in [-0.2, 0) is 20.9 Å². The maximum absolute atomic E-state index is 15.0. The van der Waals surface area contributed by atoms with Gasteiger partial charge in [-0.3, -0.25) is 19.2 Å². The molecule has 33 heavy (non-hydrogen) atoms. The Hall–Kier alpha value is -3.70. The normalized spacial score (nSPS) is 18.8. The van der Waals surface area contributed by atoms with Gasteiger partial charge in [-0.05, 0) is 37.0 Å². The van der Waals surface area contributed by atoms with Crippen LogP contribution in [0.1, 0.15) is 19.8 Å². The molecule has 2 saturated heterocycles. The predicted octanol–water partition coefficient (Wildman–Crippen LogP) is 1.36. The predicted molar refractivity (Wildman–Crippen MR) is 117 cm³/mol. The van der Waals surface area contributed by atoms with E-state index in [0.29, 0.717) is 49.2 Å². The summed E-state index contributed by atoms with van der Waals surface area (Å²) in [7, 11) is 0. The minimum atomic E-state index is -0.557. The van der Waals surface area contributed by atoms with Crippen LogP contribution < -0.4 is 20.4 Å². The van der Waals surface area contributed by atoms with E-state index in [9.17, 15) is 18.8 Å². The van der Waals surface area contributed by atoms with Crippen molar-refractivity contribution in [1.29, 1.82) is 0 Å². The Labute approximate surface area is 189 Å². The molecule has 2 aliphatic rings. The Morgan fingerprint density at radius 1 is 1.33 bits per heavy atom. The molecule has 2 N–H and O–H groups in total. The average molecular weight is 459 g/mol. The van der Waals surface area contributed by atoms with Crippen molar-refractivity contribution in [3.05, 3.63) is 30.2 Å². The number of halogens is 1. The van der Waals surface area contributed by atoms with Crippen molar-refractivity contribution in [2.24, 2.45) is 5.92 Å². The third-order valence-electron chi connectivity index (χ3n) is 5.84. The van der Waals surface area contributed by atoms with Gasteiger partial charge in [0.25, 0.3) is 0 Å². The lowest BCUT2D eigenvalue weighted by atomic mass is 9.96. The zero-order chi connectivity index (χ0) is 23.4. The Balaban J connectivity index is 1.32. The maximum atomic E-state index is 15.0. The molecule has 0 radical (unpaired) electrons. The standard InChI is InChI=1S/C21H26FN7O4/c1-14(31)23-9-17-11-29(21(32)33-17)16-2-3-19(18(22)8-16)27-6-4-15(5-7-27)10-28-12-20(24-13-30)25-26-28/h2-3,8,12-13,15,17H,4-7,9-11H2,1H3,(H,23,31)(H,24,30)/t17-/m0/s1. The Morgan fingerprint density at radius 3 is 2.82 bits per heavy atom. The van der Waals surface area contributed by atoms with E-state index in [2.05, 4.69) is 20.9 Å². The maximum Gasteiger partial charge on any atom is 0.414 e. The van der Waals surface area contributed by atoms with Crippen LogP contribution in [0, 0.1) is 11.7 Å². The Morgan fingerprint density at radius 2 is 2.12 bits per heavy atom. The lowest BCUT2D eigenvalue weighted by Gasteiger charge is -2.34. The molecule has 0 aliphatic carbocycles. The second kappa shape index (κ2) is 9.84. The number of nitrogens with one attached hydrogen (secondary N) is 2. The van der Waals surface area contributed by atoms with E-state index in [0.717, 1.165) is 12.8 Å². The van der Waals surface area contributed by atoms with Gasteiger partial charge >= 0.3 is 6.09 Å². The van der Waals surface area contributed by atoms with Gasteiger partial charge in [-0.15, -0.1) is 5.10 Å². The molecule has 1 atom stereocenters. The number of anilines is 3. The summed E-state index contributed by atoms with van der Waals surface area (Å²) in [5.41, 5.74) is 0.921. The second-order valence-electron chi connectivity index (χ2n) is 8.21. The summed E-state index contributed by atoms with van der Waals surface area (Å²) in [6.07, 6.45) is 2.94. The monoisotopic (exact) mass is 459 g/mol. The van der Waals surface area contributed by atoms with Crippen LogP contribution in [0.15, 0.2) is 24.4 Å². The fourth-order valence-electron chi connectivity index (χ4n) is 4.15. The number of rotatable bonds is 8. The number of carbonyl (C=O) groups is 3. The quantitative estimate of drug-likeness (QED) is 0.572. The summed E-state index contributed by atoms with van der Waals surface area (Å²) in [6, 6.07) is 4.75. The fraction of sp³-hybridized carbons (Fsp3) is 0.476. The molecule has 176 valence electrons. The zero-order valence-corrected chi connectivity index (χ0v) is 18.2. The molecule has 0 spiro atoms. The number of amides is 3. The minimum Gasteiger partial charge on any atom is -0.442 e. The van der Waals surface area contributed by atoms with Crippen LogP contribution >= 0.6 is 0 Å². The number of hydrogen-bond donors (Lipinski definition) is 2. The van der Waals surface area contributed by atoms with Crippen molar-refractivity contribution >= 4 is 35.6 Å². The lowest BCUT2D eigenvalue weighted by Crippen LogP contribution is -2.35. The first kappa shape index (κ1) is 22.5. The smallest absolute Gasteiger partial charge is 0.414 e. The van der Waals surface area contributed by atoms with E-state index in [1.165, 1.54) is 17.9 Å². The largest absolute Gasteiger partial charge is 0.442 e. The zero-order valence-electron chi connectivity index (χ0n) is 18.2. The van der Waals surface area contributed by atoms with Gasteiger partial charge in [0.2, 0.25) is 12.3 Å². The number of hydrogen-bond acceptors (Lipinski definition) is 7. The molecule has 3 amide bonds. The highest BCUT2D eigenvalue weighted by Crippen LogP contribution is 2.30. The topological polar surface area (TPSA) is 122 Å². The number of piperidine rings is 1. The third kappa shape index (κ3) is 5.38. The van der Waals surface area contributed by atoms with E-state index in [4.69, 9.17) is 4.74 Å². The summed E-state index contributed by atoms with van der Waals surface area (Å²) in [5.74, 6) is 0.178. The summed E-state index contributed by atoms with van der Waals surface area (Å²) < 4.78 is 21.9. The van der Waals surface area contributed by atoms with Crippen molar-refractivity contribution in [2.75, 3.05) is 41.3 Å². The van der Waals surface area contributed by atoms with Crippen LogP contribution in [0.4, 0.5) is 26.4 Å².